The second kappa shape index (κ2) is 11.2. The van der Waals surface area contributed by atoms with Crippen molar-refractivity contribution in [3.63, 3.8) is 0 Å². The molecule has 4 nitrogen and oxygen atoms in total. The molecule has 7 rings (SSSR count). The Morgan fingerprint density at radius 3 is 2.52 bits per heavy atom. The van der Waals surface area contributed by atoms with Crippen molar-refractivity contribution in [3.05, 3.63) is 106 Å². The molecule has 0 unspecified atom stereocenters. The molecule has 0 spiro atoms. The Balaban J connectivity index is 1.41. The van der Waals surface area contributed by atoms with Crippen LogP contribution in [0.25, 0.3) is 43.6 Å². The first-order valence-corrected chi connectivity index (χ1v) is 15.6. The molecule has 0 N–H and O–H groups in total. The monoisotopic (exact) mass is 570 g/mol. The van der Waals surface area contributed by atoms with Crippen LogP contribution < -0.4 is 4.74 Å². The SMILES string of the molecule is COc1cccc(Cn2c(-c3ccc4nc(-c5ccc(C)cc5)ccc4c3)c(C3CCCCC3)c3sc(C=O)cc32)c1. The van der Waals surface area contributed by atoms with Gasteiger partial charge in [0.2, 0.25) is 0 Å². The fourth-order valence-electron chi connectivity index (χ4n) is 6.58. The number of carbonyl (C=O) groups excluding carboxylic acids is 1. The normalized spacial score (nSPS) is 14.0. The molecule has 0 radical (unpaired) electrons. The molecule has 1 fully saturated rings. The topological polar surface area (TPSA) is 44.1 Å². The molecule has 0 atom stereocenters. The minimum absolute atomic E-state index is 0.485. The van der Waals surface area contributed by atoms with Gasteiger partial charge in [0.1, 0.15) is 5.75 Å². The van der Waals surface area contributed by atoms with Crippen molar-refractivity contribution >= 4 is 38.7 Å². The number of rotatable bonds is 7. The quantitative estimate of drug-likeness (QED) is 0.179. The van der Waals surface area contributed by atoms with E-state index >= 15 is 0 Å². The standard InChI is InChI=1S/C37H34N2O2S/c1-24-11-13-26(14-12-24)32-17-15-28-20-29(16-18-33(28)38-32)36-35(27-8-4-3-5-9-27)37-34(21-31(23-40)42-37)39(36)22-25-7-6-10-30(19-25)41-2/h6-7,10-21,23,27H,3-5,8-9,22H2,1-2H3. The van der Waals surface area contributed by atoms with Gasteiger partial charge in [-0.2, -0.15) is 0 Å². The van der Waals surface area contributed by atoms with Gasteiger partial charge in [0.25, 0.3) is 0 Å². The third kappa shape index (κ3) is 4.92. The second-order valence-electron chi connectivity index (χ2n) is 11.5. The zero-order chi connectivity index (χ0) is 28.6. The van der Waals surface area contributed by atoms with Crippen molar-refractivity contribution in [2.75, 3.05) is 7.11 Å². The molecule has 1 aliphatic carbocycles. The minimum Gasteiger partial charge on any atom is -0.497 e. The van der Waals surface area contributed by atoms with Crippen LogP contribution in [0.2, 0.25) is 0 Å². The van der Waals surface area contributed by atoms with Gasteiger partial charge in [0, 0.05) is 17.5 Å². The average Bonchev–Trinajstić information content (AvgIpc) is 3.59. The maximum absolute atomic E-state index is 11.9. The van der Waals surface area contributed by atoms with Crippen molar-refractivity contribution < 1.29 is 9.53 Å². The van der Waals surface area contributed by atoms with Crippen LogP contribution in [0.4, 0.5) is 0 Å². The summed E-state index contributed by atoms with van der Waals surface area (Å²) in [6.07, 6.45) is 7.18. The molecule has 1 saturated carbocycles. The third-order valence-corrected chi connectivity index (χ3v) is 9.79. The predicted octanol–water partition coefficient (Wildman–Crippen LogP) is 9.81. The van der Waals surface area contributed by atoms with Gasteiger partial charge in [0.05, 0.1) is 39.1 Å². The van der Waals surface area contributed by atoms with Crippen LogP contribution >= 0.6 is 11.3 Å². The van der Waals surface area contributed by atoms with Gasteiger partial charge >= 0.3 is 0 Å². The summed E-state index contributed by atoms with van der Waals surface area (Å²) in [6.45, 7) is 2.81. The van der Waals surface area contributed by atoms with Crippen LogP contribution in [-0.2, 0) is 6.54 Å². The Morgan fingerprint density at radius 1 is 0.929 bits per heavy atom. The summed E-state index contributed by atoms with van der Waals surface area (Å²) >= 11 is 1.64. The molecule has 210 valence electrons. The van der Waals surface area contributed by atoms with E-state index in [-0.39, 0.29) is 0 Å². The number of thiophene rings is 1. The van der Waals surface area contributed by atoms with Crippen molar-refractivity contribution in [3.8, 4) is 28.3 Å². The van der Waals surface area contributed by atoms with Crippen molar-refractivity contribution in [2.45, 2.75) is 51.5 Å². The molecule has 6 aromatic rings. The lowest BCUT2D eigenvalue weighted by Crippen LogP contribution is -2.08. The number of carbonyl (C=O) groups is 1. The summed E-state index contributed by atoms with van der Waals surface area (Å²) in [5, 5.41) is 1.13. The van der Waals surface area contributed by atoms with Gasteiger partial charge in [-0.1, -0.05) is 73.4 Å². The number of benzene rings is 3. The summed E-state index contributed by atoms with van der Waals surface area (Å²) in [5.74, 6) is 1.34. The molecule has 0 bridgehead atoms. The molecular weight excluding hydrogens is 536 g/mol. The first-order valence-electron chi connectivity index (χ1n) is 14.8. The van der Waals surface area contributed by atoms with E-state index in [2.05, 4.69) is 84.3 Å². The zero-order valence-corrected chi connectivity index (χ0v) is 24.9. The highest BCUT2D eigenvalue weighted by molar-refractivity contribution is 7.20. The number of fused-ring (bicyclic) bond motifs is 2. The number of nitrogens with zero attached hydrogens (tertiary/aromatic N) is 2. The molecule has 3 heterocycles. The lowest BCUT2D eigenvalue weighted by Gasteiger charge is -2.24. The van der Waals surface area contributed by atoms with Gasteiger partial charge in [0.15, 0.2) is 6.29 Å². The van der Waals surface area contributed by atoms with E-state index in [1.54, 1.807) is 18.4 Å². The fraction of sp³-hybridized carbons (Fsp3) is 0.243. The van der Waals surface area contributed by atoms with E-state index < -0.39 is 0 Å². The van der Waals surface area contributed by atoms with Crippen molar-refractivity contribution in [1.29, 1.82) is 0 Å². The molecule has 0 aliphatic heterocycles. The maximum Gasteiger partial charge on any atom is 0.160 e. The highest BCUT2D eigenvalue weighted by Crippen LogP contribution is 2.47. The molecule has 0 saturated heterocycles. The summed E-state index contributed by atoms with van der Waals surface area (Å²) in [5.41, 5.74) is 10.6. The summed E-state index contributed by atoms with van der Waals surface area (Å²) in [7, 11) is 1.71. The highest BCUT2D eigenvalue weighted by Gasteiger charge is 2.28. The Kier molecular flexibility index (Phi) is 7.12. The Labute approximate surface area is 250 Å². The van der Waals surface area contributed by atoms with Crippen LogP contribution in [0.15, 0.2) is 84.9 Å². The van der Waals surface area contributed by atoms with Crippen LogP contribution in [0.1, 0.15) is 64.4 Å². The van der Waals surface area contributed by atoms with Crippen molar-refractivity contribution in [1.82, 2.24) is 9.55 Å². The van der Waals surface area contributed by atoms with Crippen LogP contribution in [0, 0.1) is 6.92 Å². The van der Waals surface area contributed by atoms with Gasteiger partial charge in [-0.05, 0) is 78.8 Å². The molecule has 5 heteroatoms. The first kappa shape index (κ1) is 26.7. The summed E-state index contributed by atoms with van der Waals surface area (Å²) < 4.78 is 9.25. The number of aryl methyl sites for hydroxylation is 1. The molecule has 1 aliphatic rings. The molecular formula is C37H34N2O2S. The predicted molar refractivity (Wildman–Crippen MR) is 174 cm³/mol. The van der Waals surface area contributed by atoms with Gasteiger partial charge in [-0.15, -0.1) is 11.3 Å². The number of methoxy groups -OCH3 is 1. The Hall–Kier alpha value is -4.22. The van der Waals surface area contributed by atoms with E-state index in [1.807, 2.05) is 12.1 Å². The number of ether oxygens (including phenoxy) is 1. The molecule has 42 heavy (non-hydrogen) atoms. The molecule has 0 amide bonds. The zero-order valence-electron chi connectivity index (χ0n) is 24.1. The Bertz CT molecular complexity index is 1910. The average molecular weight is 571 g/mol. The lowest BCUT2D eigenvalue weighted by atomic mass is 9.83. The third-order valence-electron chi connectivity index (χ3n) is 8.71. The molecule has 3 aromatic carbocycles. The number of aldehydes is 1. The minimum atomic E-state index is 0.485. The summed E-state index contributed by atoms with van der Waals surface area (Å²) in [4.78, 5) is 17.8. The molecule has 3 aromatic heterocycles. The van der Waals surface area contributed by atoms with Crippen molar-refractivity contribution in [2.24, 2.45) is 0 Å². The van der Waals surface area contributed by atoms with Gasteiger partial charge in [-0.3, -0.25) is 4.79 Å². The highest BCUT2D eigenvalue weighted by atomic mass is 32.1. The first-order chi connectivity index (χ1) is 20.6. The number of aromatic nitrogens is 2. The van der Waals surface area contributed by atoms with Gasteiger partial charge < -0.3 is 9.30 Å². The van der Waals surface area contributed by atoms with Crippen LogP contribution in [-0.4, -0.2) is 22.9 Å². The van der Waals surface area contributed by atoms with E-state index in [9.17, 15) is 4.79 Å². The Morgan fingerprint density at radius 2 is 1.74 bits per heavy atom. The van der Waals surface area contributed by atoms with E-state index in [0.717, 1.165) is 44.6 Å². The number of pyridine rings is 1. The maximum atomic E-state index is 11.9. The van der Waals surface area contributed by atoms with E-state index in [0.29, 0.717) is 12.5 Å². The lowest BCUT2D eigenvalue weighted by molar-refractivity contribution is 0.112. The smallest absolute Gasteiger partial charge is 0.160 e. The number of hydrogen-bond donors (Lipinski definition) is 0. The van der Waals surface area contributed by atoms with Crippen LogP contribution in [0.5, 0.6) is 5.75 Å². The van der Waals surface area contributed by atoms with E-state index in [4.69, 9.17) is 9.72 Å². The van der Waals surface area contributed by atoms with Gasteiger partial charge in [-0.25, -0.2) is 4.98 Å². The van der Waals surface area contributed by atoms with E-state index in [1.165, 1.54) is 64.8 Å². The fourth-order valence-corrected chi connectivity index (χ4v) is 7.68. The largest absolute Gasteiger partial charge is 0.497 e. The summed E-state index contributed by atoms with van der Waals surface area (Å²) in [6, 6.07) is 30.0. The second-order valence-corrected chi connectivity index (χ2v) is 12.6. The number of hydrogen-bond acceptors (Lipinski definition) is 4. The van der Waals surface area contributed by atoms with Crippen LogP contribution in [0.3, 0.4) is 0 Å².